The van der Waals surface area contributed by atoms with Crippen LogP contribution >= 0.6 is 0 Å². The third-order valence-corrected chi connectivity index (χ3v) is 11.9. The standard InChI is InChI=1S/C58H38/c1-5-13-39(14-6-1)42-21-27-46(28-22-42)54-37-53(45-19-11-4-12-20-45)49-33-34-51-55(47-29-23-43(24-30-47)40-15-7-2-8-16-40)38-56(52-36-35-50(54)57(49)58(51)52)48-31-25-44(26-32-48)41-17-9-3-10-18-41/h1-38H. The highest BCUT2D eigenvalue weighted by Crippen LogP contribution is 2.49. The molecule has 0 saturated heterocycles. The average Bonchev–Trinajstić information content (AvgIpc) is 3.32. The summed E-state index contributed by atoms with van der Waals surface area (Å²) >= 11 is 0. The van der Waals surface area contributed by atoms with Crippen LogP contribution in [0.2, 0.25) is 0 Å². The van der Waals surface area contributed by atoms with Crippen molar-refractivity contribution in [2.45, 2.75) is 0 Å². The molecule has 0 aliphatic rings. The van der Waals surface area contributed by atoms with Gasteiger partial charge in [-0.05, 0) is 122 Å². The molecule has 0 aliphatic carbocycles. The lowest BCUT2D eigenvalue weighted by atomic mass is 9.81. The monoisotopic (exact) mass is 734 g/mol. The van der Waals surface area contributed by atoms with Crippen molar-refractivity contribution in [3.05, 3.63) is 231 Å². The highest BCUT2D eigenvalue weighted by molar-refractivity contribution is 6.32. The lowest BCUT2D eigenvalue weighted by Gasteiger charge is -2.22. The van der Waals surface area contributed by atoms with Crippen LogP contribution in [-0.2, 0) is 0 Å². The fraction of sp³-hybridized carbons (Fsp3) is 0. The number of rotatable bonds is 7. The van der Waals surface area contributed by atoms with Crippen LogP contribution in [0.25, 0.3) is 110 Å². The molecule has 0 N–H and O–H groups in total. The Hall–Kier alpha value is -7.54. The number of hydrogen-bond donors (Lipinski definition) is 0. The third-order valence-electron chi connectivity index (χ3n) is 11.9. The van der Waals surface area contributed by atoms with E-state index in [1.165, 1.54) is 110 Å². The minimum absolute atomic E-state index is 1.21. The molecular formula is C58H38. The molecule has 0 heteroatoms. The van der Waals surface area contributed by atoms with Gasteiger partial charge in [-0.25, -0.2) is 0 Å². The van der Waals surface area contributed by atoms with Crippen molar-refractivity contribution in [1.82, 2.24) is 0 Å². The average molecular weight is 735 g/mol. The van der Waals surface area contributed by atoms with Crippen molar-refractivity contribution in [3.8, 4) is 77.9 Å². The molecule has 270 valence electrons. The second-order valence-electron chi connectivity index (χ2n) is 15.2. The van der Waals surface area contributed by atoms with Crippen LogP contribution in [0.5, 0.6) is 0 Å². The Balaban J connectivity index is 1.18. The molecule has 0 bridgehead atoms. The van der Waals surface area contributed by atoms with Crippen LogP contribution in [-0.4, -0.2) is 0 Å². The van der Waals surface area contributed by atoms with E-state index < -0.39 is 0 Å². The summed E-state index contributed by atoms with van der Waals surface area (Å²) < 4.78 is 0. The summed E-state index contributed by atoms with van der Waals surface area (Å²) in [5.74, 6) is 0. The molecule has 0 atom stereocenters. The summed E-state index contributed by atoms with van der Waals surface area (Å²) in [6.07, 6.45) is 0. The second kappa shape index (κ2) is 14.2. The van der Waals surface area contributed by atoms with E-state index >= 15 is 0 Å². The maximum Gasteiger partial charge on any atom is -0.00139 e. The van der Waals surface area contributed by atoms with Crippen molar-refractivity contribution < 1.29 is 0 Å². The topological polar surface area (TPSA) is 0 Å². The van der Waals surface area contributed by atoms with Crippen LogP contribution in [0.4, 0.5) is 0 Å². The van der Waals surface area contributed by atoms with Crippen LogP contribution in [0, 0.1) is 0 Å². The van der Waals surface area contributed by atoms with Gasteiger partial charge in [-0.15, -0.1) is 0 Å². The Kier molecular flexibility index (Phi) is 8.26. The quantitative estimate of drug-likeness (QED) is 0.143. The zero-order valence-electron chi connectivity index (χ0n) is 31.9. The van der Waals surface area contributed by atoms with E-state index in [9.17, 15) is 0 Å². The zero-order chi connectivity index (χ0) is 38.4. The van der Waals surface area contributed by atoms with Crippen molar-refractivity contribution in [2.24, 2.45) is 0 Å². The highest BCUT2D eigenvalue weighted by Gasteiger charge is 2.21. The molecule has 58 heavy (non-hydrogen) atoms. The van der Waals surface area contributed by atoms with E-state index in [1.54, 1.807) is 0 Å². The van der Waals surface area contributed by atoms with Crippen LogP contribution < -0.4 is 0 Å². The maximum atomic E-state index is 2.43. The molecule has 0 fully saturated rings. The second-order valence-corrected chi connectivity index (χ2v) is 15.2. The molecule has 0 saturated carbocycles. The summed E-state index contributed by atoms with van der Waals surface area (Å²) in [6, 6.07) is 84.5. The third kappa shape index (κ3) is 5.86. The zero-order valence-corrected chi connectivity index (χ0v) is 31.9. The molecule has 0 amide bonds. The summed E-state index contributed by atoms with van der Waals surface area (Å²) in [5.41, 5.74) is 17.1. The Labute approximate surface area is 339 Å². The van der Waals surface area contributed by atoms with Gasteiger partial charge in [0.15, 0.2) is 0 Å². The highest BCUT2D eigenvalue weighted by atomic mass is 14.2. The molecule has 11 aromatic rings. The first-order chi connectivity index (χ1) is 28.8. The molecule has 0 spiro atoms. The van der Waals surface area contributed by atoms with Gasteiger partial charge in [-0.3, -0.25) is 0 Å². The molecule has 11 aromatic carbocycles. The van der Waals surface area contributed by atoms with Crippen molar-refractivity contribution in [3.63, 3.8) is 0 Å². The number of benzene rings is 11. The lowest BCUT2D eigenvalue weighted by molar-refractivity contribution is 1.59. The van der Waals surface area contributed by atoms with Gasteiger partial charge >= 0.3 is 0 Å². The molecule has 0 nitrogen and oxygen atoms in total. The molecular weight excluding hydrogens is 697 g/mol. The first-order valence-electron chi connectivity index (χ1n) is 20.1. The molecule has 0 unspecified atom stereocenters. The van der Waals surface area contributed by atoms with Crippen LogP contribution in [0.1, 0.15) is 0 Å². The summed E-state index contributed by atoms with van der Waals surface area (Å²) in [7, 11) is 0. The summed E-state index contributed by atoms with van der Waals surface area (Å²) in [5, 5.41) is 7.68. The molecule has 0 aromatic heterocycles. The van der Waals surface area contributed by atoms with Gasteiger partial charge in [0.25, 0.3) is 0 Å². The fourth-order valence-electron chi connectivity index (χ4n) is 8.98. The van der Waals surface area contributed by atoms with Crippen molar-refractivity contribution >= 4 is 32.3 Å². The Morgan fingerprint density at radius 3 is 0.603 bits per heavy atom. The van der Waals surface area contributed by atoms with E-state index in [1.807, 2.05) is 0 Å². The predicted octanol–water partition coefficient (Wildman–Crippen LogP) is 16.3. The van der Waals surface area contributed by atoms with Gasteiger partial charge in [-0.2, -0.15) is 0 Å². The Morgan fingerprint density at radius 1 is 0.155 bits per heavy atom. The smallest absolute Gasteiger partial charge is 0.00139 e. The first-order valence-corrected chi connectivity index (χ1v) is 20.1. The fourth-order valence-corrected chi connectivity index (χ4v) is 8.98. The van der Waals surface area contributed by atoms with E-state index in [0.717, 1.165) is 0 Å². The van der Waals surface area contributed by atoms with Crippen molar-refractivity contribution in [1.29, 1.82) is 0 Å². The number of hydrogen-bond acceptors (Lipinski definition) is 0. The molecule has 0 radical (unpaired) electrons. The molecule has 11 rings (SSSR count). The van der Waals surface area contributed by atoms with Gasteiger partial charge in [0.05, 0.1) is 0 Å². The van der Waals surface area contributed by atoms with Crippen molar-refractivity contribution in [2.75, 3.05) is 0 Å². The van der Waals surface area contributed by atoms with Gasteiger partial charge in [0.2, 0.25) is 0 Å². The van der Waals surface area contributed by atoms with Gasteiger partial charge in [0, 0.05) is 0 Å². The molecule has 0 heterocycles. The van der Waals surface area contributed by atoms with E-state index in [0.29, 0.717) is 0 Å². The Bertz CT molecular complexity index is 3080. The maximum absolute atomic E-state index is 2.43. The first kappa shape index (κ1) is 33.8. The van der Waals surface area contributed by atoms with E-state index in [2.05, 4.69) is 231 Å². The summed E-state index contributed by atoms with van der Waals surface area (Å²) in [4.78, 5) is 0. The lowest BCUT2D eigenvalue weighted by Crippen LogP contribution is -1.94. The van der Waals surface area contributed by atoms with Crippen LogP contribution in [0.15, 0.2) is 231 Å². The predicted molar refractivity (Wildman–Crippen MR) is 248 cm³/mol. The van der Waals surface area contributed by atoms with Crippen LogP contribution in [0.3, 0.4) is 0 Å². The van der Waals surface area contributed by atoms with Gasteiger partial charge < -0.3 is 0 Å². The minimum atomic E-state index is 1.21. The Morgan fingerprint density at radius 2 is 0.345 bits per heavy atom. The van der Waals surface area contributed by atoms with E-state index in [-0.39, 0.29) is 0 Å². The van der Waals surface area contributed by atoms with E-state index in [4.69, 9.17) is 0 Å². The minimum Gasteiger partial charge on any atom is -0.0622 e. The van der Waals surface area contributed by atoms with Gasteiger partial charge in [0.1, 0.15) is 0 Å². The summed E-state index contributed by atoms with van der Waals surface area (Å²) in [6.45, 7) is 0. The normalized spacial score (nSPS) is 11.4. The largest absolute Gasteiger partial charge is 0.0622 e. The SMILES string of the molecule is c1ccc(-c2ccc(-c3cc(-c4ccccc4)c4ccc5c(-c6ccc(-c7ccccc7)cc6)cc(-c6ccc(-c7ccccc7)cc6)c6ccc3c4c56)cc2)cc1. The molecule has 0 aliphatic heterocycles. The van der Waals surface area contributed by atoms with Gasteiger partial charge in [-0.1, -0.05) is 218 Å².